The van der Waals surface area contributed by atoms with Crippen LogP contribution in [-0.4, -0.2) is 31.4 Å². The highest BCUT2D eigenvalue weighted by molar-refractivity contribution is 9.10. The van der Waals surface area contributed by atoms with Crippen molar-refractivity contribution in [1.82, 2.24) is 10.2 Å². The Hall–Kier alpha value is -1.72. The maximum absolute atomic E-state index is 13.0. The summed E-state index contributed by atoms with van der Waals surface area (Å²) in [7, 11) is 3.88. The molecular formula is C18H20BrFN2O. The fourth-order valence-corrected chi connectivity index (χ4v) is 2.61. The number of likely N-dealkylation sites (N-methyl/N-ethyl adjacent to an activating group) is 1. The van der Waals surface area contributed by atoms with Crippen LogP contribution in [0, 0.1) is 5.82 Å². The summed E-state index contributed by atoms with van der Waals surface area (Å²) in [5.41, 5.74) is 1.94. The van der Waals surface area contributed by atoms with E-state index in [-0.39, 0.29) is 17.8 Å². The molecule has 0 spiro atoms. The molecular weight excluding hydrogens is 359 g/mol. The number of nitrogens with zero attached hydrogens (tertiary/aromatic N) is 1. The van der Waals surface area contributed by atoms with Gasteiger partial charge in [-0.15, -0.1) is 0 Å². The van der Waals surface area contributed by atoms with Crippen molar-refractivity contribution in [3.05, 3.63) is 69.9 Å². The Morgan fingerprint density at radius 1 is 1.13 bits per heavy atom. The molecule has 23 heavy (non-hydrogen) atoms. The minimum atomic E-state index is -0.259. The lowest BCUT2D eigenvalue weighted by Gasteiger charge is -2.25. The molecule has 3 nitrogen and oxygen atoms in total. The number of nitrogens with one attached hydrogen (secondary N) is 1. The first-order valence-corrected chi connectivity index (χ1v) is 8.18. The van der Waals surface area contributed by atoms with Crippen molar-refractivity contribution in [2.45, 2.75) is 12.5 Å². The second-order valence-corrected chi connectivity index (χ2v) is 6.55. The predicted octanol–water partition coefficient (Wildman–Crippen LogP) is 3.55. The highest BCUT2D eigenvalue weighted by Crippen LogP contribution is 2.18. The Morgan fingerprint density at radius 2 is 1.74 bits per heavy atom. The van der Waals surface area contributed by atoms with Gasteiger partial charge in [0, 0.05) is 11.0 Å². The van der Waals surface area contributed by atoms with Gasteiger partial charge in [0.25, 0.3) is 0 Å². The molecule has 1 unspecified atom stereocenters. The highest BCUT2D eigenvalue weighted by Gasteiger charge is 2.15. The van der Waals surface area contributed by atoms with E-state index in [1.54, 1.807) is 12.1 Å². The van der Waals surface area contributed by atoms with Crippen molar-refractivity contribution in [2.75, 3.05) is 20.6 Å². The van der Waals surface area contributed by atoms with E-state index < -0.39 is 0 Å². The SMILES string of the molecule is CN(C)C(CNC(=O)Cc1ccc(Br)cc1)c1ccc(F)cc1. The molecule has 5 heteroatoms. The van der Waals surface area contributed by atoms with Crippen LogP contribution in [0.25, 0.3) is 0 Å². The van der Waals surface area contributed by atoms with E-state index >= 15 is 0 Å². The normalized spacial score (nSPS) is 12.2. The molecule has 2 aromatic rings. The second kappa shape index (κ2) is 8.22. The van der Waals surface area contributed by atoms with Gasteiger partial charge >= 0.3 is 0 Å². The quantitative estimate of drug-likeness (QED) is 0.833. The summed E-state index contributed by atoms with van der Waals surface area (Å²) in [5, 5.41) is 2.95. The molecule has 2 aromatic carbocycles. The third-order valence-electron chi connectivity index (χ3n) is 3.65. The van der Waals surface area contributed by atoms with Crippen LogP contribution in [0.3, 0.4) is 0 Å². The van der Waals surface area contributed by atoms with Crippen LogP contribution >= 0.6 is 15.9 Å². The molecule has 0 aliphatic rings. The lowest BCUT2D eigenvalue weighted by molar-refractivity contribution is -0.120. The minimum absolute atomic E-state index is 0.00414. The Morgan fingerprint density at radius 3 is 2.30 bits per heavy atom. The number of carbonyl (C=O) groups is 1. The molecule has 2 rings (SSSR count). The van der Waals surface area contributed by atoms with Gasteiger partial charge in [0.05, 0.1) is 12.5 Å². The zero-order valence-electron chi connectivity index (χ0n) is 13.2. The van der Waals surface area contributed by atoms with Crippen molar-refractivity contribution >= 4 is 21.8 Å². The van der Waals surface area contributed by atoms with Gasteiger partial charge in [0.1, 0.15) is 5.82 Å². The van der Waals surface area contributed by atoms with Crippen LogP contribution in [0.5, 0.6) is 0 Å². The first-order chi connectivity index (χ1) is 11.0. The number of hydrogen-bond donors (Lipinski definition) is 1. The van der Waals surface area contributed by atoms with Gasteiger partial charge in [0.15, 0.2) is 0 Å². The first kappa shape index (κ1) is 17.6. The van der Waals surface area contributed by atoms with Gasteiger partial charge in [0.2, 0.25) is 5.91 Å². The van der Waals surface area contributed by atoms with E-state index in [0.717, 1.165) is 15.6 Å². The molecule has 0 bridgehead atoms. The largest absolute Gasteiger partial charge is 0.354 e. The smallest absolute Gasteiger partial charge is 0.224 e. The molecule has 1 N–H and O–H groups in total. The van der Waals surface area contributed by atoms with Crippen LogP contribution in [0.15, 0.2) is 53.0 Å². The van der Waals surface area contributed by atoms with Crippen molar-refractivity contribution in [2.24, 2.45) is 0 Å². The highest BCUT2D eigenvalue weighted by atomic mass is 79.9. The average molecular weight is 379 g/mol. The zero-order valence-corrected chi connectivity index (χ0v) is 14.8. The van der Waals surface area contributed by atoms with E-state index in [0.29, 0.717) is 13.0 Å². The van der Waals surface area contributed by atoms with Crippen molar-refractivity contribution < 1.29 is 9.18 Å². The van der Waals surface area contributed by atoms with Gasteiger partial charge in [-0.3, -0.25) is 4.79 Å². The standard InChI is InChI=1S/C18H20BrFN2O/c1-22(2)17(14-5-9-16(20)10-6-14)12-21-18(23)11-13-3-7-15(19)8-4-13/h3-10,17H,11-12H2,1-2H3,(H,21,23). The van der Waals surface area contributed by atoms with E-state index in [9.17, 15) is 9.18 Å². The Kier molecular flexibility index (Phi) is 6.30. The van der Waals surface area contributed by atoms with E-state index in [2.05, 4.69) is 21.2 Å². The summed E-state index contributed by atoms with van der Waals surface area (Å²) in [4.78, 5) is 14.1. The molecule has 0 aliphatic heterocycles. The fraction of sp³-hybridized carbons (Fsp3) is 0.278. The van der Waals surface area contributed by atoms with Crippen molar-refractivity contribution in [3.8, 4) is 0 Å². The van der Waals surface area contributed by atoms with Gasteiger partial charge in [-0.1, -0.05) is 40.2 Å². The maximum atomic E-state index is 13.0. The molecule has 122 valence electrons. The Bertz CT molecular complexity index is 641. The molecule has 0 aromatic heterocycles. The molecule has 0 fully saturated rings. The number of rotatable bonds is 6. The van der Waals surface area contributed by atoms with Gasteiger partial charge in [-0.05, 0) is 49.5 Å². The van der Waals surface area contributed by atoms with Crippen LogP contribution < -0.4 is 5.32 Å². The first-order valence-electron chi connectivity index (χ1n) is 7.39. The summed E-state index contributed by atoms with van der Waals surface area (Å²) in [6.45, 7) is 0.480. The van der Waals surface area contributed by atoms with Crippen LogP contribution in [0.4, 0.5) is 4.39 Å². The molecule has 0 radical (unpaired) electrons. The van der Waals surface area contributed by atoms with Crippen LogP contribution in [0.1, 0.15) is 17.2 Å². The van der Waals surface area contributed by atoms with Gasteiger partial charge in [-0.2, -0.15) is 0 Å². The minimum Gasteiger partial charge on any atom is -0.354 e. The molecule has 1 amide bonds. The maximum Gasteiger partial charge on any atom is 0.224 e. The molecule has 0 saturated heterocycles. The van der Waals surface area contributed by atoms with Crippen molar-refractivity contribution in [1.29, 1.82) is 0 Å². The summed E-state index contributed by atoms with van der Waals surface area (Å²) in [5.74, 6) is -0.285. The number of halogens is 2. The lowest BCUT2D eigenvalue weighted by Crippen LogP contribution is -2.35. The Balaban J connectivity index is 1.94. The fourth-order valence-electron chi connectivity index (χ4n) is 2.34. The van der Waals surface area contributed by atoms with E-state index in [1.165, 1.54) is 12.1 Å². The topological polar surface area (TPSA) is 32.3 Å². The number of carbonyl (C=O) groups excluding carboxylic acids is 1. The number of hydrogen-bond acceptors (Lipinski definition) is 2. The summed E-state index contributed by atoms with van der Waals surface area (Å²) in [6.07, 6.45) is 0.344. The molecule has 0 saturated carbocycles. The van der Waals surface area contributed by atoms with Gasteiger partial charge in [-0.25, -0.2) is 4.39 Å². The second-order valence-electron chi connectivity index (χ2n) is 5.64. The molecule has 0 heterocycles. The third-order valence-corrected chi connectivity index (χ3v) is 4.18. The Labute approximate surface area is 144 Å². The van der Waals surface area contributed by atoms with Crippen LogP contribution in [0.2, 0.25) is 0 Å². The third kappa shape index (κ3) is 5.44. The molecule has 1 atom stereocenters. The van der Waals surface area contributed by atoms with E-state index in [1.807, 2.05) is 43.3 Å². The number of benzene rings is 2. The predicted molar refractivity (Wildman–Crippen MR) is 93.7 cm³/mol. The zero-order chi connectivity index (χ0) is 16.8. The summed E-state index contributed by atoms with van der Waals surface area (Å²) in [6, 6.07) is 14.1. The van der Waals surface area contributed by atoms with Gasteiger partial charge < -0.3 is 10.2 Å². The lowest BCUT2D eigenvalue weighted by atomic mass is 10.1. The summed E-state index contributed by atoms with van der Waals surface area (Å²) >= 11 is 3.38. The number of amides is 1. The van der Waals surface area contributed by atoms with Crippen molar-refractivity contribution in [3.63, 3.8) is 0 Å². The summed E-state index contributed by atoms with van der Waals surface area (Å²) < 4.78 is 14.0. The van der Waals surface area contributed by atoms with E-state index in [4.69, 9.17) is 0 Å². The van der Waals surface area contributed by atoms with Crippen LogP contribution in [-0.2, 0) is 11.2 Å². The monoisotopic (exact) mass is 378 g/mol. The molecule has 0 aliphatic carbocycles. The average Bonchev–Trinajstić information content (AvgIpc) is 2.51.